The first-order chi connectivity index (χ1) is 8.58. The Labute approximate surface area is 110 Å². The predicted molar refractivity (Wildman–Crippen MR) is 71.2 cm³/mol. The molecule has 0 N–H and O–H groups in total. The lowest BCUT2D eigenvalue weighted by Gasteiger charge is -2.12. The fraction of sp³-hybridized carbons (Fsp3) is 0.250. The van der Waals surface area contributed by atoms with Gasteiger partial charge in [-0.25, -0.2) is 9.67 Å². The zero-order valence-corrected chi connectivity index (χ0v) is 10.9. The number of aromatic nitrogens is 3. The van der Waals surface area contributed by atoms with Gasteiger partial charge in [-0.2, -0.15) is 5.10 Å². The fourth-order valence-corrected chi connectivity index (χ4v) is 1.67. The van der Waals surface area contributed by atoms with Crippen molar-refractivity contribution >= 4 is 17.3 Å². The maximum atomic E-state index is 11.9. The van der Waals surface area contributed by atoms with Crippen LogP contribution in [0, 0.1) is 0 Å². The number of anilines is 1. The van der Waals surface area contributed by atoms with Gasteiger partial charge in [-0.3, -0.25) is 4.79 Å². The fourth-order valence-electron chi connectivity index (χ4n) is 1.49. The molecule has 0 aliphatic rings. The molecule has 0 aliphatic heterocycles. The summed E-state index contributed by atoms with van der Waals surface area (Å²) in [6.07, 6.45) is 3.25. The average Bonchev–Trinajstić information content (AvgIpc) is 2.34. The minimum absolute atomic E-state index is 0.166. The van der Waals surface area contributed by atoms with Gasteiger partial charge in [-0.15, -0.1) is 0 Å². The van der Waals surface area contributed by atoms with Crippen LogP contribution in [0.15, 0.2) is 35.4 Å². The zero-order valence-electron chi connectivity index (χ0n) is 10.2. The first kappa shape index (κ1) is 12.6. The lowest BCUT2D eigenvalue weighted by molar-refractivity contribution is 0.637. The molecule has 6 heteroatoms. The van der Waals surface area contributed by atoms with E-state index in [1.165, 1.54) is 10.7 Å². The molecule has 0 unspecified atom stereocenters. The van der Waals surface area contributed by atoms with Gasteiger partial charge in [0, 0.05) is 31.9 Å². The minimum Gasteiger partial charge on any atom is -0.376 e. The summed E-state index contributed by atoms with van der Waals surface area (Å²) in [6, 6.07) is 5.14. The molecule has 2 aromatic heterocycles. The van der Waals surface area contributed by atoms with Crippen LogP contribution in [0.5, 0.6) is 0 Å². The topological polar surface area (TPSA) is 51.0 Å². The smallest absolute Gasteiger partial charge is 0.269 e. The van der Waals surface area contributed by atoms with Gasteiger partial charge in [0.15, 0.2) is 0 Å². The van der Waals surface area contributed by atoms with E-state index in [9.17, 15) is 4.79 Å². The van der Waals surface area contributed by atoms with E-state index in [-0.39, 0.29) is 5.56 Å². The molecule has 5 nitrogen and oxygen atoms in total. The molecule has 0 aromatic carbocycles. The summed E-state index contributed by atoms with van der Waals surface area (Å²) in [6.45, 7) is 0.319. The molecule has 0 atom stereocenters. The third-order valence-corrected chi connectivity index (χ3v) is 2.87. The van der Waals surface area contributed by atoms with Crippen LogP contribution in [0.3, 0.4) is 0 Å². The first-order valence-corrected chi connectivity index (χ1v) is 5.79. The zero-order chi connectivity index (χ0) is 13.1. The molecule has 0 saturated heterocycles. The summed E-state index contributed by atoms with van der Waals surface area (Å²) in [5.41, 5.74) is 1.38. The Morgan fingerprint density at radius 2 is 2.22 bits per heavy atom. The summed E-state index contributed by atoms with van der Waals surface area (Å²) in [4.78, 5) is 17.7. The molecule has 18 heavy (non-hydrogen) atoms. The van der Waals surface area contributed by atoms with E-state index in [2.05, 4.69) is 10.1 Å². The molecule has 0 aliphatic carbocycles. The van der Waals surface area contributed by atoms with Crippen molar-refractivity contribution in [1.29, 1.82) is 0 Å². The highest BCUT2D eigenvalue weighted by Crippen LogP contribution is 2.12. The number of pyridine rings is 1. The van der Waals surface area contributed by atoms with Gasteiger partial charge in [-0.05, 0) is 6.07 Å². The number of halogens is 1. The monoisotopic (exact) mass is 264 g/mol. The minimum atomic E-state index is -0.166. The third kappa shape index (κ3) is 2.68. The van der Waals surface area contributed by atoms with Gasteiger partial charge in [0.1, 0.15) is 5.15 Å². The second-order valence-corrected chi connectivity index (χ2v) is 4.42. The summed E-state index contributed by atoms with van der Waals surface area (Å²) in [5, 5.41) is 4.50. The van der Waals surface area contributed by atoms with Crippen LogP contribution in [0.2, 0.25) is 5.15 Å². The van der Waals surface area contributed by atoms with Crippen molar-refractivity contribution in [2.75, 3.05) is 19.0 Å². The van der Waals surface area contributed by atoms with Crippen molar-refractivity contribution < 1.29 is 0 Å². The SMILES string of the molecule is CN(C)c1cnn(Cc2cccnc2Cl)c(=O)c1. The Morgan fingerprint density at radius 3 is 2.83 bits per heavy atom. The van der Waals surface area contributed by atoms with Crippen molar-refractivity contribution in [3.05, 3.63) is 51.7 Å². The second kappa shape index (κ2) is 5.18. The van der Waals surface area contributed by atoms with E-state index >= 15 is 0 Å². The summed E-state index contributed by atoms with van der Waals surface area (Å²) >= 11 is 5.95. The molecule has 2 aromatic rings. The van der Waals surface area contributed by atoms with Crippen molar-refractivity contribution in [2.24, 2.45) is 0 Å². The number of rotatable bonds is 3. The van der Waals surface area contributed by atoms with E-state index in [1.54, 1.807) is 18.5 Å². The molecule has 0 amide bonds. The highest BCUT2D eigenvalue weighted by atomic mass is 35.5. The Balaban J connectivity index is 2.31. The van der Waals surface area contributed by atoms with E-state index in [1.807, 2.05) is 25.1 Å². The average molecular weight is 265 g/mol. The molecular weight excluding hydrogens is 252 g/mol. The largest absolute Gasteiger partial charge is 0.376 e. The first-order valence-electron chi connectivity index (χ1n) is 5.42. The van der Waals surface area contributed by atoms with Crippen LogP contribution in [0.4, 0.5) is 5.69 Å². The maximum absolute atomic E-state index is 11.9. The van der Waals surface area contributed by atoms with E-state index in [0.29, 0.717) is 11.7 Å². The van der Waals surface area contributed by atoms with Gasteiger partial charge in [0.2, 0.25) is 0 Å². The number of nitrogens with zero attached hydrogens (tertiary/aromatic N) is 4. The van der Waals surface area contributed by atoms with E-state index < -0.39 is 0 Å². The number of hydrogen-bond donors (Lipinski definition) is 0. The molecule has 2 rings (SSSR count). The van der Waals surface area contributed by atoms with Crippen molar-refractivity contribution in [2.45, 2.75) is 6.54 Å². The summed E-state index contributed by atoms with van der Waals surface area (Å²) in [7, 11) is 3.72. The molecule has 0 bridgehead atoms. The number of hydrogen-bond acceptors (Lipinski definition) is 4. The standard InChI is InChI=1S/C12H13ClN4O/c1-16(2)10-6-11(18)17(15-7-10)8-9-4-3-5-14-12(9)13/h3-7H,8H2,1-2H3. The Morgan fingerprint density at radius 1 is 1.44 bits per heavy atom. The van der Waals surface area contributed by atoms with Crippen LogP contribution < -0.4 is 10.5 Å². The van der Waals surface area contributed by atoms with Gasteiger partial charge in [0.25, 0.3) is 5.56 Å². The van der Waals surface area contributed by atoms with E-state index in [0.717, 1.165) is 11.3 Å². The predicted octanol–water partition coefficient (Wildman–Crippen LogP) is 1.41. The highest BCUT2D eigenvalue weighted by molar-refractivity contribution is 6.30. The Bertz CT molecular complexity index is 609. The van der Waals surface area contributed by atoms with Crippen LogP contribution in [0.1, 0.15) is 5.56 Å². The molecule has 94 valence electrons. The molecule has 0 spiro atoms. The molecule has 0 saturated carbocycles. The van der Waals surface area contributed by atoms with Crippen LogP contribution >= 0.6 is 11.6 Å². The lowest BCUT2D eigenvalue weighted by Crippen LogP contribution is -2.24. The quantitative estimate of drug-likeness (QED) is 0.787. The van der Waals surface area contributed by atoms with Gasteiger partial charge >= 0.3 is 0 Å². The van der Waals surface area contributed by atoms with Crippen molar-refractivity contribution in [1.82, 2.24) is 14.8 Å². The van der Waals surface area contributed by atoms with Gasteiger partial charge in [-0.1, -0.05) is 17.7 Å². The molecule has 0 radical (unpaired) electrons. The van der Waals surface area contributed by atoms with Crippen molar-refractivity contribution in [3.63, 3.8) is 0 Å². The third-order valence-electron chi connectivity index (χ3n) is 2.53. The summed E-state index contributed by atoms with van der Waals surface area (Å²) < 4.78 is 1.36. The van der Waals surface area contributed by atoms with Crippen LogP contribution in [-0.2, 0) is 6.54 Å². The van der Waals surface area contributed by atoms with Crippen LogP contribution in [-0.4, -0.2) is 28.9 Å². The molecule has 2 heterocycles. The summed E-state index contributed by atoms with van der Waals surface area (Å²) in [5.74, 6) is 0. The van der Waals surface area contributed by atoms with E-state index in [4.69, 9.17) is 11.6 Å². The molecule has 0 fully saturated rings. The maximum Gasteiger partial charge on any atom is 0.269 e. The second-order valence-electron chi connectivity index (χ2n) is 4.06. The highest BCUT2D eigenvalue weighted by Gasteiger charge is 2.05. The van der Waals surface area contributed by atoms with Crippen molar-refractivity contribution in [3.8, 4) is 0 Å². The normalized spacial score (nSPS) is 10.4. The van der Waals surface area contributed by atoms with Gasteiger partial charge in [0.05, 0.1) is 18.4 Å². The lowest BCUT2D eigenvalue weighted by atomic mass is 10.3. The molecular formula is C12H13ClN4O. The Kier molecular flexibility index (Phi) is 3.62. The Hall–Kier alpha value is -1.88. The van der Waals surface area contributed by atoms with Gasteiger partial charge < -0.3 is 4.90 Å². The van der Waals surface area contributed by atoms with Crippen LogP contribution in [0.25, 0.3) is 0 Å².